The number of benzene rings is 1. The van der Waals surface area contributed by atoms with Gasteiger partial charge >= 0.3 is 12.0 Å². The number of hydrogen-bond donors (Lipinski definition) is 3. The van der Waals surface area contributed by atoms with Gasteiger partial charge in [-0.2, -0.15) is 0 Å². The summed E-state index contributed by atoms with van der Waals surface area (Å²) in [5, 5.41) is 14.7. The molecule has 20 heavy (non-hydrogen) atoms. The van der Waals surface area contributed by atoms with Crippen LogP contribution in [-0.2, 0) is 4.79 Å². The van der Waals surface area contributed by atoms with E-state index >= 15 is 0 Å². The SMILES string of the molecule is CCC1CC1NC(=O)NCC(C(=O)O)c1ccccc1. The molecule has 2 amide bonds. The Bertz CT molecular complexity index is 475. The van der Waals surface area contributed by atoms with Gasteiger partial charge in [0.2, 0.25) is 0 Å². The Morgan fingerprint density at radius 3 is 2.60 bits per heavy atom. The van der Waals surface area contributed by atoms with E-state index in [0.29, 0.717) is 11.5 Å². The summed E-state index contributed by atoms with van der Waals surface area (Å²) >= 11 is 0. The molecule has 3 N–H and O–H groups in total. The van der Waals surface area contributed by atoms with E-state index in [9.17, 15) is 14.7 Å². The van der Waals surface area contributed by atoms with Gasteiger partial charge in [-0.15, -0.1) is 0 Å². The molecule has 0 aromatic heterocycles. The van der Waals surface area contributed by atoms with E-state index in [0.717, 1.165) is 12.8 Å². The van der Waals surface area contributed by atoms with Crippen molar-refractivity contribution in [3.8, 4) is 0 Å². The molecule has 0 radical (unpaired) electrons. The Kier molecular flexibility index (Phi) is 4.61. The second-order valence-electron chi connectivity index (χ2n) is 5.17. The zero-order valence-corrected chi connectivity index (χ0v) is 11.5. The first-order valence-corrected chi connectivity index (χ1v) is 6.94. The molecular formula is C15H20N2O3. The number of aliphatic carboxylic acids is 1. The van der Waals surface area contributed by atoms with Gasteiger partial charge in [0, 0.05) is 12.6 Å². The third-order valence-electron chi connectivity index (χ3n) is 3.73. The van der Waals surface area contributed by atoms with E-state index in [1.165, 1.54) is 0 Å². The van der Waals surface area contributed by atoms with Gasteiger partial charge in [-0.05, 0) is 17.9 Å². The number of amides is 2. The topological polar surface area (TPSA) is 78.4 Å². The monoisotopic (exact) mass is 276 g/mol. The van der Waals surface area contributed by atoms with Crippen molar-refractivity contribution in [1.29, 1.82) is 0 Å². The van der Waals surface area contributed by atoms with Crippen LogP contribution in [0.25, 0.3) is 0 Å². The molecule has 1 aromatic carbocycles. The maximum Gasteiger partial charge on any atom is 0.315 e. The van der Waals surface area contributed by atoms with Crippen LogP contribution in [0.2, 0.25) is 0 Å². The summed E-state index contributed by atoms with van der Waals surface area (Å²) < 4.78 is 0. The van der Waals surface area contributed by atoms with E-state index in [-0.39, 0.29) is 18.6 Å². The highest BCUT2D eigenvalue weighted by molar-refractivity contribution is 5.79. The molecule has 1 aliphatic rings. The summed E-state index contributed by atoms with van der Waals surface area (Å²) in [6.07, 6.45) is 2.08. The highest BCUT2D eigenvalue weighted by atomic mass is 16.4. The second kappa shape index (κ2) is 6.41. The van der Waals surface area contributed by atoms with Gasteiger partial charge < -0.3 is 15.7 Å². The Morgan fingerprint density at radius 2 is 2.05 bits per heavy atom. The van der Waals surface area contributed by atoms with Crippen LogP contribution in [0.3, 0.4) is 0 Å². The number of carboxylic acid groups (broad SMARTS) is 1. The largest absolute Gasteiger partial charge is 0.481 e. The predicted molar refractivity (Wildman–Crippen MR) is 75.5 cm³/mol. The smallest absolute Gasteiger partial charge is 0.315 e. The lowest BCUT2D eigenvalue weighted by Crippen LogP contribution is -2.40. The molecule has 1 aromatic rings. The Labute approximate surface area is 118 Å². The number of nitrogens with one attached hydrogen (secondary N) is 2. The second-order valence-corrected chi connectivity index (χ2v) is 5.17. The minimum Gasteiger partial charge on any atom is -0.481 e. The molecule has 108 valence electrons. The highest BCUT2D eigenvalue weighted by Crippen LogP contribution is 2.32. The molecule has 1 saturated carbocycles. The van der Waals surface area contributed by atoms with E-state index < -0.39 is 11.9 Å². The van der Waals surface area contributed by atoms with Crippen LogP contribution in [0.5, 0.6) is 0 Å². The maximum absolute atomic E-state index is 11.7. The minimum absolute atomic E-state index is 0.0920. The van der Waals surface area contributed by atoms with Crippen LogP contribution in [0, 0.1) is 5.92 Å². The van der Waals surface area contributed by atoms with Crippen LogP contribution in [0.4, 0.5) is 4.79 Å². The molecule has 0 heterocycles. The first-order valence-electron chi connectivity index (χ1n) is 6.94. The third kappa shape index (κ3) is 3.73. The Morgan fingerprint density at radius 1 is 1.35 bits per heavy atom. The summed E-state index contributed by atoms with van der Waals surface area (Å²) in [5.74, 6) is -1.08. The average molecular weight is 276 g/mol. The molecule has 1 fully saturated rings. The number of hydrogen-bond acceptors (Lipinski definition) is 2. The molecule has 0 bridgehead atoms. The number of urea groups is 1. The molecule has 2 rings (SSSR count). The Balaban J connectivity index is 1.84. The molecular weight excluding hydrogens is 256 g/mol. The summed E-state index contributed by atoms with van der Waals surface area (Å²) in [6.45, 7) is 2.19. The van der Waals surface area contributed by atoms with Crippen molar-refractivity contribution in [2.24, 2.45) is 5.92 Å². The lowest BCUT2D eigenvalue weighted by atomic mass is 9.99. The van der Waals surface area contributed by atoms with Gasteiger partial charge in [0.1, 0.15) is 0 Å². The van der Waals surface area contributed by atoms with Crippen molar-refractivity contribution < 1.29 is 14.7 Å². The molecule has 0 aliphatic heterocycles. The number of carbonyl (C=O) groups is 2. The molecule has 5 nitrogen and oxygen atoms in total. The van der Waals surface area contributed by atoms with Gasteiger partial charge in [-0.1, -0.05) is 43.7 Å². The minimum atomic E-state index is -0.936. The van der Waals surface area contributed by atoms with E-state index in [2.05, 4.69) is 17.6 Å². The molecule has 0 spiro atoms. The van der Waals surface area contributed by atoms with E-state index in [1.54, 1.807) is 24.3 Å². The Hall–Kier alpha value is -2.04. The van der Waals surface area contributed by atoms with Crippen molar-refractivity contribution in [1.82, 2.24) is 10.6 Å². The lowest BCUT2D eigenvalue weighted by Gasteiger charge is -2.14. The van der Waals surface area contributed by atoms with Gasteiger partial charge in [-0.25, -0.2) is 4.79 Å². The summed E-state index contributed by atoms with van der Waals surface area (Å²) in [7, 11) is 0. The quantitative estimate of drug-likeness (QED) is 0.743. The zero-order valence-electron chi connectivity index (χ0n) is 11.5. The molecule has 5 heteroatoms. The van der Waals surface area contributed by atoms with Crippen LogP contribution < -0.4 is 10.6 Å². The van der Waals surface area contributed by atoms with Crippen LogP contribution in [-0.4, -0.2) is 29.7 Å². The van der Waals surface area contributed by atoms with Crippen molar-refractivity contribution in [3.05, 3.63) is 35.9 Å². The van der Waals surface area contributed by atoms with Crippen LogP contribution >= 0.6 is 0 Å². The average Bonchev–Trinajstić information content (AvgIpc) is 3.18. The fourth-order valence-corrected chi connectivity index (χ4v) is 2.32. The summed E-state index contributed by atoms with van der Waals surface area (Å²) in [6, 6.07) is 8.90. The van der Waals surface area contributed by atoms with E-state index in [4.69, 9.17) is 0 Å². The fourth-order valence-electron chi connectivity index (χ4n) is 2.32. The van der Waals surface area contributed by atoms with Crippen molar-refractivity contribution in [2.75, 3.05) is 6.54 Å². The van der Waals surface area contributed by atoms with Gasteiger partial charge in [0.25, 0.3) is 0 Å². The summed E-state index contributed by atoms with van der Waals surface area (Å²) in [4.78, 5) is 23.0. The van der Waals surface area contributed by atoms with Crippen LogP contribution in [0.15, 0.2) is 30.3 Å². The van der Waals surface area contributed by atoms with E-state index in [1.807, 2.05) is 6.07 Å². The molecule has 3 atom stereocenters. The number of carbonyl (C=O) groups excluding carboxylic acids is 1. The van der Waals surface area contributed by atoms with Gasteiger partial charge in [0.05, 0.1) is 5.92 Å². The van der Waals surface area contributed by atoms with Crippen LogP contribution in [0.1, 0.15) is 31.2 Å². The first-order chi connectivity index (χ1) is 9.61. The fraction of sp³-hybridized carbons (Fsp3) is 0.467. The highest BCUT2D eigenvalue weighted by Gasteiger charge is 2.36. The molecule has 1 aliphatic carbocycles. The van der Waals surface area contributed by atoms with Gasteiger partial charge in [0.15, 0.2) is 0 Å². The molecule has 3 unspecified atom stereocenters. The number of rotatable bonds is 6. The van der Waals surface area contributed by atoms with Crippen molar-refractivity contribution >= 4 is 12.0 Å². The maximum atomic E-state index is 11.7. The zero-order chi connectivity index (χ0) is 14.5. The standard InChI is InChI=1S/C15H20N2O3/c1-2-10-8-13(10)17-15(20)16-9-12(14(18)19)11-6-4-3-5-7-11/h3-7,10,12-13H,2,8-9H2,1H3,(H,18,19)(H2,16,17,20). The first kappa shape index (κ1) is 14.4. The van der Waals surface area contributed by atoms with Crippen molar-refractivity contribution in [3.63, 3.8) is 0 Å². The normalized spacial score (nSPS) is 21.9. The lowest BCUT2D eigenvalue weighted by molar-refractivity contribution is -0.138. The van der Waals surface area contributed by atoms with Crippen molar-refractivity contribution in [2.45, 2.75) is 31.7 Å². The predicted octanol–water partition coefficient (Wildman–Crippen LogP) is 1.95. The van der Waals surface area contributed by atoms with Gasteiger partial charge in [-0.3, -0.25) is 4.79 Å². The summed E-state index contributed by atoms with van der Waals surface area (Å²) in [5.41, 5.74) is 0.693. The third-order valence-corrected chi connectivity index (χ3v) is 3.73. The number of carboxylic acids is 1. The molecule has 0 saturated heterocycles.